The number of fused-ring (bicyclic) bond motifs is 2. The Morgan fingerprint density at radius 1 is 0.900 bits per heavy atom. The Labute approximate surface area is 119 Å². The largest absolute Gasteiger partial charge is 0.491 e. The minimum absolute atomic E-state index is 0.322. The molecule has 0 saturated carbocycles. The number of ether oxygens (including phenoxy) is 1. The lowest BCUT2D eigenvalue weighted by molar-refractivity contribution is 0.290. The van der Waals surface area contributed by atoms with Crippen molar-refractivity contribution in [1.82, 2.24) is 5.32 Å². The summed E-state index contributed by atoms with van der Waals surface area (Å²) in [5.74, 6) is 1.04. The van der Waals surface area contributed by atoms with Gasteiger partial charge >= 0.3 is 0 Å². The summed E-state index contributed by atoms with van der Waals surface area (Å²) in [6.07, 6.45) is 3.70. The number of rotatable bonds is 2. The lowest BCUT2D eigenvalue weighted by Gasteiger charge is -2.28. The van der Waals surface area contributed by atoms with Crippen molar-refractivity contribution in [1.29, 1.82) is 0 Å². The molecule has 0 saturated heterocycles. The molecule has 1 N–H and O–H groups in total. The van der Waals surface area contributed by atoms with Gasteiger partial charge in [0, 0.05) is 11.6 Å². The van der Waals surface area contributed by atoms with Crippen molar-refractivity contribution in [2.24, 2.45) is 0 Å². The first-order chi connectivity index (χ1) is 9.92. The van der Waals surface area contributed by atoms with Crippen LogP contribution < -0.4 is 10.1 Å². The predicted octanol–water partition coefficient (Wildman–Crippen LogP) is 3.79. The SMILES string of the molecule is c1ccc2c(c1)CCCC2NC1COc2ccccc21. The van der Waals surface area contributed by atoms with Crippen LogP contribution in [0.4, 0.5) is 0 Å². The molecule has 102 valence electrons. The lowest BCUT2D eigenvalue weighted by atomic mass is 9.87. The molecule has 2 aromatic rings. The summed E-state index contributed by atoms with van der Waals surface area (Å²) in [4.78, 5) is 0. The summed E-state index contributed by atoms with van der Waals surface area (Å²) in [5, 5.41) is 3.81. The Kier molecular flexibility index (Phi) is 2.96. The van der Waals surface area contributed by atoms with E-state index in [4.69, 9.17) is 4.74 Å². The average Bonchev–Trinajstić information content (AvgIpc) is 2.91. The molecular formula is C18H19NO. The maximum Gasteiger partial charge on any atom is 0.124 e. The number of nitrogens with one attached hydrogen (secondary N) is 1. The van der Waals surface area contributed by atoms with Gasteiger partial charge in [0.15, 0.2) is 0 Å². The summed E-state index contributed by atoms with van der Waals surface area (Å²) >= 11 is 0. The maximum absolute atomic E-state index is 5.78. The van der Waals surface area contributed by atoms with E-state index in [1.807, 2.05) is 6.07 Å². The van der Waals surface area contributed by atoms with Gasteiger partial charge in [0.1, 0.15) is 12.4 Å². The second-order valence-corrected chi connectivity index (χ2v) is 5.71. The van der Waals surface area contributed by atoms with Gasteiger partial charge in [-0.2, -0.15) is 0 Å². The van der Waals surface area contributed by atoms with Crippen molar-refractivity contribution in [2.45, 2.75) is 31.3 Å². The van der Waals surface area contributed by atoms with E-state index < -0.39 is 0 Å². The molecule has 2 nitrogen and oxygen atoms in total. The first-order valence-electron chi connectivity index (χ1n) is 7.47. The van der Waals surface area contributed by atoms with E-state index in [1.165, 1.54) is 36.0 Å². The van der Waals surface area contributed by atoms with E-state index in [9.17, 15) is 0 Å². The molecule has 1 aliphatic heterocycles. The summed E-state index contributed by atoms with van der Waals surface area (Å²) in [7, 11) is 0. The molecule has 1 aliphatic carbocycles. The number of aryl methyl sites for hydroxylation is 1. The van der Waals surface area contributed by atoms with E-state index in [0.29, 0.717) is 12.1 Å². The van der Waals surface area contributed by atoms with E-state index in [0.717, 1.165) is 12.4 Å². The highest BCUT2D eigenvalue weighted by atomic mass is 16.5. The van der Waals surface area contributed by atoms with Gasteiger partial charge < -0.3 is 10.1 Å². The predicted molar refractivity (Wildman–Crippen MR) is 79.9 cm³/mol. The number of hydrogen-bond acceptors (Lipinski definition) is 2. The molecule has 2 atom stereocenters. The highest BCUT2D eigenvalue weighted by Crippen LogP contribution is 2.36. The fourth-order valence-corrected chi connectivity index (χ4v) is 3.47. The van der Waals surface area contributed by atoms with Crippen molar-refractivity contribution in [3.8, 4) is 5.75 Å². The Bertz CT molecular complexity index is 622. The van der Waals surface area contributed by atoms with E-state index >= 15 is 0 Å². The average molecular weight is 265 g/mol. The Morgan fingerprint density at radius 3 is 2.65 bits per heavy atom. The van der Waals surface area contributed by atoms with Crippen LogP contribution in [0.15, 0.2) is 48.5 Å². The zero-order chi connectivity index (χ0) is 13.4. The second-order valence-electron chi connectivity index (χ2n) is 5.71. The molecule has 20 heavy (non-hydrogen) atoms. The molecule has 0 fully saturated rings. The molecule has 0 aromatic heterocycles. The molecule has 4 rings (SSSR count). The van der Waals surface area contributed by atoms with Crippen LogP contribution in [0, 0.1) is 0 Å². The van der Waals surface area contributed by atoms with Crippen molar-refractivity contribution in [3.63, 3.8) is 0 Å². The van der Waals surface area contributed by atoms with E-state index in [1.54, 1.807) is 0 Å². The first-order valence-corrected chi connectivity index (χ1v) is 7.47. The van der Waals surface area contributed by atoms with Crippen LogP contribution in [-0.2, 0) is 6.42 Å². The van der Waals surface area contributed by atoms with Crippen LogP contribution in [0.3, 0.4) is 0 Å². The Morgan fingerprint density at radius 2 is 1.70 bits per heavy atom. The van der Waals surface area contributed by atoms with Gasteiger partial charge in [-0.1, -0.05) is 42.5 Å². The van der Waals surface area contributed by atoms with Gasteiger partial charge in [0.05, 0.1) is 6.04 Å². The monoisotopic (exact) mass is 265 g/mol. The minimum atomic E-state index is 0.322. The van der Waals surface area contributed by atoms with E-state index in [2.05, 4.69) is 47.8 Å². The summed E-state index contributed by atoms with van der Waals surface area (Å²) < 4.78 is 5.78. The van der Waals surface area contributed by atoms with Crippen LogP contribution in [0.25, 0.3) is 0 Å². The zero-order valence-electron chi connectivity index (χ0n) is 11.5. The topological polar surface area (TPSA) is 21.3 Å². The molecule has 2 heteroatoms. The van der Waals surface area contributed by atoms with Crippen LogP contribution in [0.5, 0.6) is 5.75 Å². The Balaban J connectivity index is 1.59. The van der Waals surface area contributed by atoms with Crippen molar-refractivity contribution in [3.05, 3.63) is 65.2 Å². The van der Waals surface area contributed by atoms with Crippen LogP contribution in [0.2, 0.25) is 0 Å². The summed E-state index contributed by atoms with van der Waals surface area (Å²) in [5.41, 5.74) is 4.28. The standard InChI is InChI=1S/C18H19NO/c1-2-8-14-13(6-1)7-5-10-16(14)19-17-12-20-18-11-4-3-9-15(17)18/h1-4,6,8-9,11,16-17,19H,5,7,10,12H2. The highest BCUT2D eigenvalue weighted by Gasteiger charge is 2.28. The van der Waals surface area contributed by atoms with Gasteiger partial charge in [-0.25, -0.2) is 0 Å². The number of para-hydroxylation sites is 1. The van der Waals surface area contributed by atoms with Gasteiger partial charge in [0.25, 0.3) is 0 Å². The molecule has 1 heterocycles. The third-order valence-electron chi connectivity index (χ3n) is 4.47. The quantitative estimate of drug-likeness (QED) is 0.892. The highest BCUT2D eigenvalue weighted by molar-refractivity contribution is 5.40. The molecule has 0 spiro atoms. The number of benzene rings is 2. The Hall–Kier alpha value is -1.80. The van der Waals surface area contributed by atoms with Crippen LogP contribution >= 0.6 is 0 Å². The molecule has 2 aliphatic rings. The van der Waals surface area contributed by atoms with Crippen molar-refractivity contribution >= 4 is 0 Å². The minimum Gasteiger partial charge on any atom is -0.491 e. The molecule has 0 radical (unpaired) electrons. The molecule has 0 bridgehead atoms. The van der Waals surface area contributed by atoms with Crippen molar-refractivity contribution in [2.75, 3.05) is 6.61 Å². The summed E-state index contributed by atoms with van der Waals surface area (Å²) in [6, 6.07) is 18.0. The van der Waals surface area contributed by atoms with Gasteiger partial charge in [-0.05, 0) is 36.5 Å². The normalized spacial score (nSPS) is 23.8. The van der Waals surface area contributed by atoms with Gasteiger partial charge in [-0.3, -0.25) is 0 Å². The third kappa shape index (κ3) is 2.01. The van der Waals surface area contributed by atoms with Crippen LogP contribution in [0.1, 0.15) is 41.6 Å². The second kappa shape index (κ2) is 4.95. The molecule has 0 amide bonds. The van der Waals surface area contributed by atoms with Gasteiger partial charge in [0.2, 0.25) is 0 Å². The first kappa shape index (κ1) is 12.0. The molecular weight excluding hydrogens is 246 g/mol. The van der Waals surface area contributed by atoms with Gasteiger partial charge in [-0.15, -0.1) is 0 Å². The fraction of sp³-hybridized carbons (Fsp3) is 0.333. The zero-order valence-corrected chi connectivity index (χ0v) is 11.5. The maximum atomic E-state index is 5.78. The summed E-state index contributed by atoms with van der Waals surface area (Å²) in [6.45, 7) is 0.748. The smallest absolute Gasteiger partial charge is 0.124 e. The lowest BCUT2D eigenvalue weighted by Crippen LogP contribution is -2.30. The fourth-order valence-electron chi connectivity index (χ4n) is 3.47. The third-order valence-corrected chi connectivity index (χ3v) is 4.47. The van der Waals surface area contributed by atoms with Crippen LogP contribution in [-0.4, -0.2) is 6.61 Å². The molecule has 2 unspecified atom stereocenters. The number of hydrogen-bond donors (Lipinski definition) is 1. The molecule has 2 aromatic carbocycles. The van der Waals surface area contributed by atoms with E-state index in [-0.39, 0.29) is 0 Å². The van der Waals surface area contributed by atoms with Crippen molar-refractivity contribution < 1.29 is 4.74 Å².